The van der Waals surface area contributed by atoms with Crippen LogP contribution in [0.25, 0.3) is 0 Å². The van der Waals surface area contributed by atoms with E-state index < -0.39 is 0 Å². The zero-order valence-corrected chi connectivity index (χ0v) is 16.1. The van der Waals surface area contributed by atoms with Crippen LogP contribution in [-0.2, 0) is 11.3 Å². The smallest absolute Gasteiger partial charge is 0.246 e. The highest BCUT2D eigenvalue weighted by molar-refractivity contribution is 14.0. The van der Waals surface area contributed by atoms with E-state index >= 15 is 0 Å². The number of amides is 1. The van der Waals surface area contributed by atoms with E-state index in [9.17, 15) is 4.79 Å². The van der Waals surface area contributed by atoms with Crippen LogP contribution in [0, 0.1) is 0 Å². The number of hydrogen-bond acceptors (Lipinski definition) is 3. The van der Waals surface area contributed by atoms with Crippen LogP contribution in [0.4, 0.5) is 5.69 Å². The monoisotopic (exact) mass is 444 g/mol. The zero-order valence-electron chi connectivity index (χ0n) is 12.9. The molecule has 3 N–H and O–H groups in total. The van der Waals surface area contributed by atoms with Gasteiger partial charge in [-0.2, -0.15) is 0 Å². The molecule has 0 spiro atoms. The number of hydrogen-bond donors (Lipinski definition) is 3. The maximum absolute atomic E-state index is 11.9. The molecule has 0 aliphatic heterocycles. The second-order valence-electron chi connectivity index (χ2n) is 4.54. The van der Waals surface area contributed by atoms with Gasteiger partial charge in [-0.05, 0) is 30.5 Å². The third-order valence-electron chi connectivity index (χ3n) is 2.79. The summed E-state index contributed by atoms with van der Waals surface area (Å²) in [6, 6.07) is 13.4. The number of nitrogens with zero attached hydrogens (tertiary/aromatic N) is 1. The molecule has 1 amide bonds. The number of carbonyl (C=O) groups is 1. The van der Waals surface area contributed by atoms with Gasteiger partial charge in [0.15, 0.2) is 5.96 Å². The molecule has 5 nitrogen and oxygen atoms in total. The maximum Gasteiger partial charge on any atom is 0.246 e. The van der Waals surface area contributed by atoms with Gasteiger partial charge in [-0.25, -0.2) is 4.99 Å². The van der Waals surface area contributed by atoms with Crippen molar-refractivity contribution in [2.75, 3.05) is 18.4 Å². The largest absolute Gasteiger partial charge is 0.357 e. The first kappa shape index (κ1) is 19.4. The fraction of sp³-hybridized carbons (Fsp3) is 0.250. The van der Waals surface area contributed by atoms with Crippen molar-refractivity contribution in [2.24, 2.45) is 4.99 Å². The summed E-state index contributed by atoms with van der Waals surface area (Å²) < 4.78 is 0. The average Bonchev–Trinajstić information content (AvgIpc) is 3.04. The molecule has 0 aliphatic carbocycles. The molecule has 0 atom stereocenters. The Labute approximate surface area is 157 Å². The minimum Gasteiger partial charge on any atom is -0.357 e. The molecule has 0 radical (unpaired) electrons. The molecule has 0 aliphatic rings. The number of carbonyl (C=O) groups excluding carboxylic acids is 1. The normalized spacial score (nSPS) is 10.6. The van der Waals surface area contributed by atoms with E-state index in [0.29, 0.717) is 12.5 Å². The van der Waals surface area contributed by atoms with E-state index in [1.54, 1.807) is 11.3 Å². The van der Waals surface area contributed by atoms with Gasteiger partial charge in [0, 0.05) is 17.1 Å². The summed E-state index contributed by atoms with van der Waals surface area (Å²) in [4.78, 5) is 17.4. The van der Waals surface area contributed by atoms with Gasteiger partial charge in [-0.15, -0.1) is 35.3 Å². The zero-order chi connectivity index (χ0) is 15.6. The Kier molecular flexibility index (Phi) is 9.30. The number of benzene rings is 1. The van der Waals surface area contributed by atoms with Gasteiger partial charge >= 0.3 is 0 Å². The molecule has 0 saturated heterocycles. The fourth-order valence-corrected chi connectivity index (χ4v) is 2.44. The van der Waals surface area contributed by atoms with Crippen LogP contribution in [0.15, 0.2) is 52.8 Å². The average molecular weight is 444 g/mol. The molecule has 23 heavy (non-hydrogen) atoms. The van der Waals surface area contributed by atoms with Gasteiger partial charge in [-0.1, -0.05) is 24.3 Å². The maximum atomic E-state index is 11.9. The molecule has 1 aromatic carbocycles. The van der Waals surface area contributed by atoms with Crippen molar-refractivity contribution in [3.05, 3.63) is 52.7 Å². The first-order chi connectivity index (χ1) is 10.8. The van der Waals surface area contributed by atoms with Crippen molar-refractivity contribution in [2.45, 2.75) is 13.5 Å². The van der Waals surface area contributed by atoms with Crippen molar-refractivity contribution in [1.82, 2.24) is 10.6 Å². The standard InChI is InChI=1S/C16H20N4OS.HI/c1-2-17-16(18-11-14-9-6-10-22-14)19-12-15(21)20-13-7-4-3-5-8-13;/h3-10H,2,11-12H2,1H3,(H,20,21)(H2,17,18,19);1H. The topological polar surface area (TPSA) is 65.5 Å². The summed E-state index contributed by atoms with van der Waals surface area (Å²) in [5.74, 6) is 0.499. The highest BCUT2D eigenvalue weighted by atomic mass is 127. The third-order valence-corrected chi connectivity index (χ3v) is 3.67. The summed E-state index contributed by atoms with van der Waals surface area (Å²) in [6.45, 7) is 3.52. The molecule has 124 valence electrons. The van der Waals surface area contributed by atoms with Gasteiger partial charge in [-0.3, -0.25) is 4.79 Å². The molecular weight excluding hydrogens is 423 g/mol. The minimum absolute atomic E-state index is 0. The fourth-order valence-electron chi connectivity index (χ4n) is 1.80. The molecular formula is C16H21IN4OS. The van der Waals surface area contributed by atoms with Crippen LogP contribution >= 0.6 is 35.3 Å². The van der Waals surface area contributed by atoms with Crippen LogP contribution in [0.1, 0.15) is 11.8 Å². The van der Waals surface area contributed by atoms with E-state index in [2.05, 4.69) is 27.0 Å². The van der Waals surface area contributed by atoms with Gasteiger partial charge in [0.2, 0.25) is 5.91 Å². The Balaban J connectivity index is 0.00000264. The van der Waals surface area contributed by atoms with E-state index in [0.717, 1.165) is 12.2 Å². The van der Waals surface area contributed by atoms with Crippen molar-refractivity contribution in [3.63, 3.8) is 0 Å². The van der Waals surface area contributed by atoms with E-state index in [-0.39, 0.29) is 36.4 Å². The summed E-state index contributed by atoms with van der Waals surface area (Å²) >= 11 is 1.68. The SMILES string of the molecule is CCNC(=NCC(=O)Nc1ccccc1)NCc1cccs1.I. The highest BCUT2D eigenvalue weighted by Crippen LogP contribution is 2.07. The van der Waals surface area contributed by atoms with Crippen molar-refractivity contribution >= 4 is 52.9 Å². The summed E-state index contributed by atoms with van der Waals surface area (Å²) in [5.41, 5.74) is 0.777. The molecule has 0 fully saturated rings. The number of para-hydroxylation sites is 1. The molecule has 0 bridgehead atoms. The number of rotatable bonds is 6. The summed E-state index contributed by atoms with van der Waals surface area (Å²) in [6.07, 6.45) is 0. The lowest BCUT2D eigenvalue weighted by Crippen LogP contribution is -2.37. The number of anilines is 1. The minimum atomic E-state index is -0.139. The predicted molar refractivity (Wildman–Crippen MR) is 108 cm³/mol. The lowest BCUT2D eigenvalue weighted by atomic mass is 10.3. The van der Waals surface area contributed by atoms with E-state index in [1.165, 1.54) is 4.88 Å². The number of thiophene rings is 1. The number of guanidine groups is 1. The second kappa shape index (κ2) is 11.0. The van der Waals surface area contributed by atoms with Crippen LogP contribution in [0.3, 0.4) is 0 Å². The third kappa shape index (κ3) is 7.47. The van der Waals surface area contributed by atoms with Crippen molar-refractivity contribution in [3.8, 4) is 0 Å². The highest BCUT2D eigenvalue weighted by Gasteiger charge is 2.03. The second-order valence-corrected chi connectivity index (χ2v) is 5.57. The van der Waals surface area contributed by atoms with Crippen molar-refractivity contribution in [1.29, 1.82) is 0 Å². The van der Waals surface area contributed by atoms with Crippen LogP contribution in [0.5, 0.6) is 0 Å². The first-order valence-electron chi connectivity index (χ1n) is 7.17. The number of halogens is 1. The Morgan fingerprint density at radius 1 is 1.13 bits per heavy atom. The van der Waals surface area contributed by atoms with Crippen molar-refractivity contribution < 1.29 is 4.79 Å². The van der Waals surface area contributed by atoms with E-state index in [4.69, 9.17) is 0 Å². The molecule has 1 aromatic heterocycles. The molecule has 7 heteroatoms. The summed E-state index contributed by atoms with van der Waals surface area (Å²) in [7, 11) is 0. The van der Waals surface area contributed by atoms with Gasteiger partial charge in [0.25, 0.3) is 0 Å². The Morgan fingerprint density at radius 2 is 1.91 bits per heavy atom. The Bertz CT molecular complexity index is 602. The van der Waals surface area contributed by atoms with Crippen LogP contribution in [-0.4, -0.2) is 25.0 Å². The van der Waals surface area contributed by atoms with E-state index in [1.807, 2.05) is 48.7 Å². The lowest BCUT2D eigenvalue weighted by molar-refractivity contribution is -0.114. The molecule has 2 rings (SSSR count). The number of nitrogens with one attached hydrogen (secondary N) is 3. The predicted octanol–water partition coefficient (Wildman–Crippen LogP) is 3.06. The number of aliphatic imine (C=N–C) groups is 1. The van der Waals surface area contributed by atoms with Crippen LogP contribution in [0.2, 0.25) is 0 Å². The molecule has 0 saturated carbocycles. The lowest BCUT2D eigenvalue weighted by Gasteiger charge is -2.10. The molecule has 1 heterocycles. The van der Waals surface area contributed by atoms with Crippen LogP contribution < -0.4 is 16.0 Å². The Hall–Kier alpha value is -1.61. The Morgan fingerprint density at radius 3 is 2.57 bits per heavy atom. The molecule has 2 aromatic rings. The van der Waals surface area contributed by atoms with Gasteiger partial charge in [0.05, 0.1) is 6.54 Å². The first-order valence-corrected chi connectivity index (χ1v) is 8.05. The van der Waals surface area contributed by atoms with Gasteiger partial charge in [0.1, 0.15) is 6.54 Å². The quantitative estimate of drug-likeness (QED) is 0.365. The molecule has 0 unspecified atom stereocenters. The van der Waals surface area contributed by atoms with Gasteiger partial charge < -0.3 is 16.0 Å². The summed E-state index contributed by atoms with van der Waals surface area (Å²) in [5, 5.41) is 11.2.